The molecule has 1 rings (SSSR count). The van der Waals surface area contributed by atoms with E-state index in [1.54, 1.807) is 0 Å². The van der Waals surface area contributed by atoms with Gasteiger partial charge in [-0.05, 0) is 26.4 Å². The monoisotopic (exact) mass is 196 g/mol. The van der Waals surface area contributed by atoms with Crippen molar-refractivity contribution in [1.82, 2.24) is 0 Å². The first-order valence-corrected chi connectivity index (χ1v) is 11.6. The molecule has 1 nitrogen and oxygen atoms in total. The van der Waals surface area contributed by atoms with Gasteiger partial charge < -0.3 is 5.85 Å². The summed E-state index contributed by atoms with van der Waals surface area (Å²) in [4.78, 5) is 0. The molecule has 0 N–H and O–H groups in total. The molecule has 4 heteroatoms. The molecule has 0 radical (unpaired) electrons. The van der Waals surface area contributed by atoms with Gasteiger partial charge in [0.1, 0.15) is 0 Å². The van der Waals surface area contributed by atoms with Crippen LogP contribution in [0, 0.1) is 0 Å². The van der Waals surface area contributed by atoms with Crippen molar-refractivity contribution in [2.24, 2.45) is 0 Å². The summed E-state index contributed by atoms with van der Waals surface area (Å²) in [7, 11) is -2.19. The first-order chi connectivity index (χ1) is 4.85. The van der Waals surface area contributed by atoms with E-state index < -0.39 is 15.4 Å². The third-order valence-electron chi connectivity index (χ3n) is 3.30. The Morgan fingerprint density at radius 2 is 1.75 bits per heavy atom. The van der Waals surface area contributed by atoms with Crippen LogP contribution in [0.25, 0.3) is 0 Å². The van der Waals surface area contributed by atoms with Gasteiger partial charge in [0.2, 0.25) is 0 Å². The molecule has 0 aromatic heterocycles. The maximum absolute atomic E-state index is 6.09. The van der Waals surface area contributed by atoms with E-state index in [1.165, 1.54) is 12.5 Å². The summed E-state index contributed by atoms with van der Waals surface area (Å²) < 4.78 is 6.09. The fourth-order valence-corrected chi connectivity index (χ4v) is 8.56. The Bertz CT molecular complexity index is 164. The molecule has 0 spiro atoms. The van der Waals surface area contributed by atoms with Crippen LogP contribution in [-0.4, -0.2) is 21.5 Å². The van der Waals surface area contributed by atoms with E-state index in [0.717, 1.165) is 0 Å². The van der Waals surface area contributed by atoms with Crippen LogP contribution in [-0.2, 0) is 4.43 Å². The molecule has 1 fully saturated rings. The Labute approximate surface area is 91.9 Å². The first-order valence-electron chi connectivity index (χ1n) is 4.53. The van der Waals surface area contributed by atoms with Crippen LogP contribution < -0.4 is 18.9 Å². The zero-order valence-electron chi connectivity index (χ0n) is 10.4. The van der Waals surface area contributed by atoms with Crippen molar-refractivity contribution in [2.75, 3.05) is 0 Å². The van der Waals surface area contributed by atoms with Gasteiger partial charge in [0, 0.05) is 6.10 Å². The summed E-state index contributed by atoms with van der Waals surface area (Å²) >= 11 is 0. The van der Waals surface area contributed by atoms with E-state index in [-0.39, 0.29) is 20.3 Å². The number of hydrogen-bond donors (Lipinski definition) is 0. The van der Waals surface area contributed by atoms with Gasteiger partial charge in [-0.3, -0.25) is 0 Å². The molecule has 1 atom stereocenters. The number of hydrogen-bond acceptors (Lipinski definition) is 1. The summed E-state index contributed by atoms with van der Waals surface area (Å²) in [6.45, 7) is 12.0. The van der Waals surface area contributed by atoms with Crippen LogP contribution in [0.15, 0.2) is 0 Å². The predicted molar refractivity (Wildman–Crippen MR) is 56.0 cm³/mol. The third kappa shape index (κ3) is 2.49. The molecule has 1 heterocycles. The second-order valence-corrected chi connectivity index (χ2v) is 20.1. The van der Waals surface area contributed by atoms with Crippen molar-refractivity contribution in [3.05, 3.63) is 0 Å². The largest absolute Gasteiger partial charge is 1.00 e. The Morgan fingerprint density at radius 3 is 2.08 bits per heavy atom. The molecule has 0 saturated carbocycles. The van der Waals surface area contributed by atoms with Crippen molar-refractivity contribution >= 4 is 15.4 Å². The smallest absolute Gasteiger partial charge is 1.00 e. The minimum atomic E-state index is -1.24. The SMILES string of the molecule is CC1CC[Si](C)(C)[Si](C)(C)O1.[H-].[Li+]. The van der Waals surface area contributed by atoms with E-state index in [0.29, 0.717) is 6.10 Å². The molecular weight excluding hydrogens is 175 g/mol. The van der Waals surface area contributed by atoms with Crippen LogP contribution in [0.4, 0.5) is 0 Å². The topological polar surface area (TPSA) is 9.23 Å². The number of rotatable bonds is 0. The fraction of sp³-hybridized carbons (Fsp3) is 1.00. The van der Waals surface area contributed by atoms with Gasteiger partial charge in [0.05, 0.1) is 7.59 Å². The van der Waals surface area contributed by atoms with Gasteiger partial charge in [-0.25, -0.2) is 0 Å². The van der Waals surface area contributed by atoms with Crippen molar-refractivity contribution < 1.29 is 24.7 Å². The second kappa shape index (κ2) is 4.02. The zero-order chi connectivity index (χ0) is 8.70. The molecule has 1 aliphatic rings. The average Bonchev–Trinajstić information content (AvgIpc) is 1.80. The van der Waals surface area contributed by atoms with Gasteiger partial charge in [-0.15, -0.1) is 0 Å². The van der Waals surface area contributed by atoms with Gasteiger partial charge >= 0.3 is 18.9 Å². The van der Waals surface area contributed by atoms with Gasteiger partial charge in [0.25, 0.3) is 0 Å². The molecule has 0 aromatic rings. The van der Waals surface area contributed by atoms with E-state index in [1.807, 2.05) is 0 Å². The van der Waals surface area contributed by atoms with Gasteiger partial charge in [-0.1, -0.05) is 19.1 Å². The molecule has 68 valence electrons. The van der Waals surface area contributed by atoms with E-state index in [2.05, 4.69) is 33.1 Å². The third-order valence-corrected chi connectivity index (χ3v) is 20.0. The fourth-order valence-electron chi connectivity index (χ4n) is 1.59. The van der Waals surface area contributed by atoms with Crippen LogP contribution >= 0.6 is 0 Å². The Hall–Kier alpha value is 0.991. The maximum atomic E-state index is 6.09. The Kier molecular flexibility index (Phi) is 4.35. The summed E-state index contributed by atoms with van der Waals surface area (Å²) in [5.74, 6) is 0. The summed E-state index contributed by atoms with van der Waals surface area (Å²) in [6.07, 6.45) is 1.84. The van der Waals surface area contributed by atoms with E-state index in [4.69, 9.17) is 4.43 Å². The Balaban J connectivity index is 0. The van der Waals surface area contributed by atoms with Crippen LogP contribution in [0.3, 0.4) is 0 Å². The average molecular weight is 196 g/mol. The molecule has 0 amide bonds. The molecule has 0 aromatic carbocycles. The molecule has 1 aliphatic heterocycles. The molecular formula is C8H21LiOSi2. The molecule has 1 saturated heterocycles. The normalized spacial score (nSPS) is 32.2. The van der Waals surface area contributed by atoms with Gasteiger partial charge in [-0.2, -0.15) is 0 Å². The minimum absolute atomic E-state index is 0. The van der Waals surface area contributed by atoms with E-state index >= 15 is 0 Å². The quantitative estimate of drug-likeness (QED) is 0.492. The molecule has 1 unspecified atom stereocenters. The van der Waals surface area contributed by atoms with Gasteiger partial charge in [0.15, 0.2) is 7.83 Å². The molecule has 12 heavy (non-hydrogen) atoms. The second-order valence-electron chi connectivity index (χ2n) is 4.86. The predicted octanol–water partition coefficient (Wildman–Crippen LogP) is -0.0964. The minimum Gasteiger partial charge on any atom is -1.00 e. The first kappa shape index (κ1) is 13.0. The molecule has 0 bridgehead atoms. The van der Waals surface area contributed by atoms with E-state index in [9.17, 15) is 0 Å². The maximum Gasteiger partial charge on any atom is 1.00 e. The van der Waals surface area contributed by atoms with Crippen molar-refractivity contribution in [1.29, 1.82) is 0 Å². The summed E-state index contributed by atoms with van der Waals surface area (Å²) in [6, 6.07) is 1.48. The van der Waals surface area contributed by atoms with Crippen molar-refractivity contribution in [2.45, 2.75) is 51.7 Å². The van der Waals surface area contributed by atoms with Crippen LogP contribution in [0.1, 0.15) is 14.8 Å². The van der Waals surface area contributed by atoms with Crippen LogP contribution in [0.2, 0.25) is 32.2 Å². The van der Waals surface area contributed by atoms with Crippen molar-refractivity contribution in [3.63, 3.8) is 0 Å². The summed E-state index contributed by atoms with van der Waals surface area (Å²) in [5, 5.41) is 0. The van der Waals surface area contributed by atoms with Crippen LogP contribution in [0.5, 0.6) is 0 Å². The molecule has 0 aliphatic carbocycles. The summed E-state index contributed by atoms with van der Waals surface area (Å²) in [5.41, 5.74) is 0. The van der Waals surface area contributed by atoms with Crippen molar-refractivity contribution in [3.8, 4) is 0 Å². The standard InChI is InChI=1S/C8H20OSi2.Li.H/c1-8-6-7-10(2,3)11(4,5)9-8;;/h8H,6-7H2,1-5H3;;/q;+1;-1. The Morgan fingerprint density at radius 1 is 1.25 bits per heavy atom. The zero-order valence-corrected chi connectivity index (χ0v) is 11.4.